The Morgan fingerprint density at radius 1 is 1.40 bits per heavy atom. The molecule has 1 heterocycles. The van der Waals surface area contributed by atoms with E-state index in [9.17, 15) is 14.9 Å². The Bertz CT molecular complexity index is 633. The zero-order chi connectivity index (χ0) is 14.4. The van der Waals surface area contributed by atoms with Gasteiger partial charge in [0.15, 0.2) is 0 Å². The molecule has 0 aliphatic rings. The van der Waals surface area contributed by atoms with Crippen molar-refractivity contribution in [2.24, 2.45) is 0 Å². The average Bonchev–Trinajstić information content (AvgIpc) is 2.96. The number of benzene rings is 1. The Balaban J connectivity index is 1.93. The number of nitro groups is 1. The molecular formula is C14H13N3O3. The number of non-ortho nitro benzene ring substituents is 1. The molecule has 2 aromatic rings. The van der Waals surface area contributed by atoms with Gasteiger partial charge in [-0.1, -0.05) is 12.1 Å². The number of carbonyl (C=O) groups excluding carboxylic acids is 1. The van der Waals surface area contributed by atoms with E-state index in [1.807, 2.05) is 6.07 Å². The van der Waals surface area contributed by atoms with Crippen LogP contribution in [0.3, 0.4) is 0 Å². The van der Waals surface area contributed by atoms with Crippen molar-refractivity contribution in [3.63, 3.8) is 0 Å². The molecule has 0 bridgehead atoms. The van der Waals surface area contributed by atoms with Crippen LogP contribution in [0.4, 0.5) is 5.69 Å². The van der Waals surface area contributed by atoms with Gasteiger partial charge in [-0.2, -0.15) is 0 Å². The number of H-pyrrole nitrogens is 1. The van der Waals surface area contributed by atoms with Gasteiger partial charge < -0.3 is 10.3 Å². The minimum Gasteiger partial charge on any atom is -0.367 e. The van der Waals surface area contributed by atoms with E-state index >= 15 is 0 Å². The van der Waals surface area contributed by atoms with Crippen molar-refractivity contribution >= 4 is 17.7 Å². The van der Waals surface area contributed by atoms with Crippen LogP contribution >= 0.6 is 0 Å². The number of carbonyl (C=O) groups is 1. The molecule has 2 N–H and O–H groups in total. The van der Waals surface area contributed by atoms with Gasteiger partial charge in [0, 0.05) is 37.1 Å². The molecule has 0 spiro atoms. The number of aromatic amines is 1. The van der Waals surface area contributed by atoms with Crippen LogP contribution in [0.1, 0.15) is 11.1 Å². The molecule has 20 heavy (non-hydrogen) atoms. The van der Waals surface area contributed by atoms with Gasteiger partial charge in [-0.3, -0.25) is 14.9 Å². The second-order valence-electron chi connectivity index (χ2n) is 4.12. The van der Waals surface area contributed by atoms with Crippen molar-refractivity contribution in [2.75, 3.05) is 0 Å². The number of rotatable bonds is 5. The first-order valence-electron chi connectivity index (χ1n) is 5.97. The summed E-state index contributed by atoms with van der Waals surface area (Å²) in [6.45, 7) is 0.432. The molecule has 0 unspecified atom stereocenters. The van der Waals surface area contributed by atoms with Gasteiger partial charge in [-0.25, -0.2) is 0 Å². The van der Waals surface area contributed by atoms with Gasteiger partial charge in [-0.15, -0.1) is 0 Å². The molecule has 6 nitrogen and oxygen atoms in total. The first kappa shape index (κ1) is 13.5. The molecule has 0 saturated heterocycles. The Morgan fingerprint density at radius 2 is 2.25 bits per heavy atom. The molecule has 0 saturated carbocycles. The van der Waals surface area contributed by atoms with E-state index in [2.05, 4.69) is 10.3 Å². The molecular weight excluding hydrogens is 258 g/mol. The SMILES string of the molecule is O=C(/C=C/c1cccc([N+](=O)[O-])c1)NCc1cc[nH]c1. The van der Waals surface area contributed by atoms with E-state index in [1.54, 1.807) is 30.6 Å². The number of aromatic nitrogens is 1. The van der Waals surface area contributed by atoms with Crippen LogP contribution in [0.25, 0.3) is 6.08 Å². The molecule has 6 heteroatoms. The van der Waals surface area contributed by atoms with Crippen molar-refractivity contribution in [3.8, 4) is 0 Å². The number of nitrogens with one attached hydrogen (secondary N) is 2. The normalized spacial score (nSPS) is 10.6. The summed E-state index contributed by atoms with van der Waals surface area (Å²) < 4.78 is 0. The van der Waals surface area contributed by atoms with Crippen LogP contribution < -0.4 is 5.32 Å². The van der Waals surface area contributed by atoms with Crippen LogP contribution in [0.5, 0.6) is 0 Å². The largest absolute Gasteiger partial charge is 0.367 e. The first-order chi connectivity index (χ1) is 9.65. The maximum absolute atomic E-state index is 11.6. The highest BCUT2D eigenvalue weighted by molar-refractivity contribution is 5.91. The fraction of sp³-hybridized carbons (Fsp3) is 0.0714. The zero-order valence-corrected chi connectivity index (χ0v) is 10.6. The number of nitro benzene ring substituents is 1. The smallest absolute Gasteiger partial charge is 0.270 e. The van der Waals surface area contributed by atoms with Gasteiger partial charge in [-0.05, 0) is 23.3 Å². The summed E-state index contributed by atoms with van der Waals surface area (Å²) in [7, 11) is 0. The number of nitrogens with zero attached hydrogens (tertiary/aromatic N) is 1. The third-order valence-corrected chi connectivity index (χ3v) is 2.64. The second-order valence-corrected chi connectivity index (χ2v) is 4.12. The van der Waals surface area contributed by atoms with Crippen molar-refractivity contribution in [3.05, 3.63) is 70.0 Å². The van der Waals surface area contributed by atoms with Crippen molar-refractivity contribution in [2.45, 2.75) is 6.54 Å². The minimum absolute atomic E-state index is 0.000110. The highest BCUT2D eigenvalue weighted by Gasteiger charge is 2.04. The Hall–Kier alpha value is -2.89. The topological polar surface area (TPSA) is 88.0 Å². The van der Waals surface area contributed by atoms with Crippen molar-refractivity contribution < 1.29 is 9.72 Å². The summed E-state index contributed by atoms with van der Waals surface area (Å²) in [6.07, 6.45) is 6.47. The van der Waals surface area contributed by atoms with Gasteiger partial charge in [0.05, 0.1) is 4.92 Å². The fourth-order valence-corrected chi connectivity index (χ4v) is 1.63. The molecule has 1 aromatic carbocycles. The molecule has 1 aromatic heterocycles. The van der Waals surface area contributed by atoms with E-state index in [0.29, 0.717) is 12.1 Å². The summed E-state index contributed by atoms with van der Waals surface area (Å²) in [5.41, 5.74) is 1.58. The zero-order valence-electron chi connectivity index (χ0n) is 10.6. The fourth-order valence-electron chi connectivity index (χ4n) is 1.63. The average molecular weight is 271 g/mol. The Labute approximate surface area is 115 Å². The summed E-state index contributed by atoms with van der Waals surface area (Å²) in [5, 5.41) is 13.3. The monoisotopic (exact) mass is 271 g/mol. The molecule has 0 atom stereocenters. The van der Waals surface area contributed by atoms with E-state index in [1.165, 1.54) is 18.2 Å². The Kier molecular flexibility index (Phi) is 4.28. The minimum atomic E-state index is -0.469. The lowest BCUT2D eigenvalue weighted by Crippen LogP contribution is -2.19. The van der Waals surface area contributed by atoms with Crippen molar-refractivity contribution in [1.82, 2.24) is 10.3 Å². The summed E-state index contributed by atoms with van der Waals surface area (Å²) >= 11 is 0. The maximum atomic E-state index is 11.6. The molecule has 0 aliphatic heterocycles. The first-order valence-corrected chi connectivity index (χ1v) is 5.97. The van der Waals surface area contributed by atoms with E-state index in [-0.39, 0.29) is 11.6 Å². The quantitative estimate of drug-likeness (QED) is 0.496. The molecule has 0 radical (unpaired) electrons. The van der Waals surface area contributed by atoms with E-state index in [0.717, 1.165) is 5.56 Å². The van der Waals surface area contributed by atoms with Crippen LogP contribution in [0.15, 0.2) is 48.8 Å². The predicted octanol–water partition coefficient (Wildman–Crippen LogP) is 2.25. The van der Waals surface area contributed by atoms with Gasteiger partial charge >= 0.3 is 0 Å². The van der Waals surface area contributed by atoms with Gasteiger partial charge in [0.1, 0.15) is 0 Å². The highest BCUT2D eigenvalue weighted by Crippen LogP contribution is 2.13. The van der Waals surface area contributed by atoms with E-state index < -0.39 is 4.92 Å². The lowest BCUT2D eigenvalue weighted by Gasteiger charge is -1.99. The highest BCUT2D eigenvalue weighted by atomic mass is 16.6. The Morgan fingerprint density at radius 3 is 2.95 bits per heavy atom. The van der Waals surface area contributed by atoms with Crippen LogP contribution in [-0.4, -0.2) is 15.8 Å². The third-order valence-electron chi connectivity index (χ3n) is 2.64. The molecule has 2 rings (SSSR count). The molecule has 102 valence electrons. The number of amides is 1. The van der Waals surface area contributed by atoms with Gasteiger partial charge in [0.2, 0.25) is 5.91 Å². The van der Waals surface area contributed by atoms with Crippen LogP contribution in [-0.2, 0) is 11.3 Å². The summed E-state index contributed by atoms with van der Waals surface area (Å²) in [5.74, 6) is -0.252. The van der Waals surface area contributed by atoms with Crippen LogP contribution in [0.2, 0.25) is 0 Å². The number of hydrogen-bond acceptors (Lipinski definition) is 3. The predicted molar refractivity (Wildman–Crippen MR) is 74.8 cm³/mol. The maximum Gasteiger partial charge on any atom is 0.270 e. The number of hydrogen-bond donors (Lipinski definition) is 2. The standard InChI is InChI=1S/C14H13N3O3/c18-14(16-10-12-6-7-15-9-12)5-4-11-2-1-3-13(8-11)17(19)20/h1-9,15H,10H2,(H,16,18)/b5-4+. The summed E-state index contributed by atoms with van der Waals surface area (Å²) in [6, 6.07) is 7.96. The van der Waals surface area contributed by atoms with Crippen LogP contribution in [0, 0.1) is 10.1 Å². The molecule has 1 amide bonds. The molecule has 0 fully saturated rings. The van der Waals surface area contributed by atoms with Crippen molar-refractivity contribution in [1.29, 1.82) is 0 Å². The van der Waals surface area contributed by atoms with E-state index in [4.69, 9.17) is 0 Å². The lowest BCUT2D eigenvalue weighted by atomic mass is 10.2. The lowest BCUT2D eigenvalue weighted by molar-refractivity contribution is -0.384. The molecule has 0 aliphatic carbocycles. The van der Waals surface area contributed by atoms with Gasteiger partial charge in [0.25, 0.3) is 5.69 Å². The third kappa shape index (κ3) is 3.81. The summed E-state index contributed by atoms with van der Waals surface area (Å²) in [4.78, 5) is 24.6. The second kappa shape index (κ2) is 6.33.